The van der Waals surface area contributed by atoms with Gasteiger partial charge in [-0.15, -0.1) is 0 Å². The molecule has 0 fully saturated rings. The number of phenols is 1. The quantitative estimate of drug-likeness (QED) is 0.588. The molecule has 4 rings (SSSR count). The minimum absolute atomic E-state index is 0.0276. The maximum Gasteiger partial charge on any atom is 0.126 e. The number of nitrogens with one attached hydrogen (secondary N) is 1. The van der Waals surface area contributed by atoms with E-state index >= 15 is 0 Å². The lowest BCUT2D eigenvalue weighted by Gasteiger charge is -2.31. The normalized spacial score (nSPS) is 19.3. The molecule has 0 saturated heterocycles. The second-order valence-corrected chi connectivity index (χ2v) is 7.50. The van der Waals surface area contributed by atoms with E-state index in [4.69, 9.17) is 16.6 Å². The number of nitrogens with zero attached hydrogens (tertiary/aromatic N) is 1. The van der Waals surface area contributed by atoms with Gasteiger partial charge in [-0.05, 0) is 41.3 Å². The van der Waals surface area contributed by atoms with Crippen LogP contribution in [0.1, 0.15) is 47.8 Å². The van der Waals surface area contributed by atoms with Gasteiger partial charge in [0, 0.05) is 28.8 Å². The first-order valence-corrected chi connectivity index (χ1v) is 9.97. The summed E-state index contributed by atoms with van der Waals surface area (Å²) in [4.78, 5) is 4.99. The molecule has 0 saturated carbocycles. The maximum absolute atomic E-state index is 10.4. The van der Waals surface area contributed by atoms with E-state index in [1.807, 2.05) is 42.5 Å². The highest BCUT2D eigenvalue weighted by atomic mass is 35.5. The summed E-state index contributed by atoms with van der Waals surface area (Å²) in [5, 5.41) is 14.7. The molecule has 4 heteroatoms. The molecule has 3 aromatic rings. The van der Waals surface area contributed by atoms with E-state index in [-0.39, 0.29) is 12.2 Å². The summed E-state index contributed by atoms with van der Waals surface area (Å²) in [7, 11) is 0. The maximum atomic E-state index is 10.4. The van der Waals surface area contributed by atoms with Crippen molar-refractivity contribution in [3.8, 4) is 5.75 Å². The lowest BCUT2D eigenvalue weighted by atomic mass is 9.93. The van der Waals surface area contributed by atoms with Crippen LogP contribution in [-0.2, 0) is 6.42 Å². The minimum Gasteiger partial charge on any atom is -0.508 e. The SMILES string of the molecule is CCc1ccc(C2=NC(c3ccc(Cl)cc3)NC(c3ccccc3O)C2)cc1. The Balaban J connectivity index is 1.73. The van der Waals surface area contributed by atoms with E-state index in [1.54, 1.807) is 6.07 Å². The molecule has 3 nitrogen and oxygen atoms in total. The molecule has 1 heterocycles. The molecular weight excluding hydrogens is 368 g/mol. The van der Waals surface area contributed by atoms with E-state index < -0.39 is 0 Å². The molecule has 28 heavy (non-hydrogen) atoms. The van der Waals surface area contributed by atoms with Crippen LogP contribution in [0.2, 0.25) is 5.02 Å². The Morgan fingerprint density at radius 1 is 1.00 bits per heavy atom. The molecule has 0 radical (unpaired) electrons. The molecular formula is C24H23ClN2O. The Labute approximate surface area is 170 Å². The summed E-state index contributed by atoms with van der Waals surface area (Å²) < 4.78 is 0. The van der Waals surface area contributed by atoms with E-state index in [9.17, 15) is 5.11 Å². The van der Waals surface area contributed by atoms with Gasteiger partial charge >= 0.3 is 0 Å². The predicted molar refractivity (Wildman–Crippen MR) is 115 cm³/mol. The van der Waals surface area contributed by atoms with Crippen LogP contribution in [0.4, 0.5) is 0 Å². The summed E-state index contributed by atoms with van der Waals surface area (Å²) in [6, 6.07) is 23.8. The smallest absolute Gasteiger partial charge is 0.126 e. The zero-order chi connectivity index (χ0) is 19.5. The van der Waals surface area contributed by atoms with E-state index in [2.05, 4.69) is 36.5 Å². The van der Waals surface area contributed by atoms with Crippen molar-refractivity contribution < 1.29 is 5.11 Å². The standard InChI is InChI=1S/C24H23ClN2O/c1-2-16-7-9-17(10-8-16)21-15-22(20-5-3-4-6-23(20)28)27-24(26-21)18-11-13-19(25)14-12-18/h3-14,22,24,27-28H,2,15H2,1H3. The third-order valence-corrected chi connectivity index (χ3v) is 5.49. The van der Waals surface area contributed by atoms with Crippen LogP contribution >= 0.6 is 11.6 Å². The molecule has 2 N–H and O–H groups in total. The Kier molecular flexibility index (Phi) is 5.47. The summed E-state index contributed by atoms with van der Waals surface area (Å²) >= 11 is 6.06. The van der Waals surface area contributed by atoms with Crippen LogP contribution in [-0.4, -0.2) is 10.8 Å². The number of aryl methyl sites for hydroxylation is 1. The van der Waals surface area contributed by atoms with Crippen molar-refractivity contribution in [2.45, 2.75) is 32.0 Å². The van der Waals surface area contributed by atoms with Gasteiger partial charge in [-0.3, -0.25) is 10.3 Å². The highest BCUT2D eigenvalue weighted by Crippen LogP contribution is 2.34. The third kappa shape index (κ3) is 3.96. The molecule has 2 atom stereocenters. The van der Waals surface area contributed by atoms with Gasteiger partial charge in [0.2, 0.25) is 0 Å². The van der Waals surface area contributed by atoms with E-state index in [0.29, 0.717) is 17.2 Å². The Bertz CT molecular complexity index is 980. The van der Waals surface area contributed by atoms with Crippen molar-refractivity contribution in [1.29, 1.82) is 0 Å². The lowest BCUT2D eigenvalue weighted by Crippen LogP contribution is -2.33. The minimum atomic E-state index is -0.198. The second kappa shape index (κ2) is 8.17. The molecule has 2 unspecified atom stereocenters. The Morgan fingerprint density at radius 3 is 2.39 bits per heavy atom. The topological polar surface area (TPSA) is 44.6 Å². The molecule has 1 aliphatic rings. The molecule has 0 bridgehead atoms. The fourth-order valence-electron chi connectivity index (χ4n) is 3.61. The van der Waals surface area contributed by atoms with Gasteiger partial charge in [-0.1, -0.05) is 73.1 Å². The Hall–Kier alpha value is -2.62. The van der Waals surface area contributed by atoms with Crippen LogP contribution in [0.3, 0.4) is 0 Å². The van der Waals surface area contributed by atoms with Crippen molar-refractivity contribution >= 4 is 17.3 Å². The fourth-order valence-corrected chi connectivity index (χ4v) is 3.74. The third-order valence-electron chi connectivity index (χ3n) is 5.23. The number of hydrogen-bond donors (Lipinski definition) is 2. The largest absolute Gasteiger partial charge is 0.508 e. The zero-order valence-corrected chi connectivity index (χ0v) is 16.5. The summed E-state index contributed by atoms with van der Waals surface area (Å²) in [5.74, 6) is 0.303. The number of aromatic hydroxyl groups is 1. The van der Waals surface area contributed by atoms with Gasteiger partial charge in [0.05, 0.1) is 0 Å². The van der Waals surface area contributed by atoms with Crippen molar-refractivity contribution in [3.05, 3.63) is 100 Å². The number of rotatable bonds is 4. The molecule has 142 valence electrons. The first kappa shape index (κ1) is 18.7. The summed E-state index contributed by atoms with van der Waals surface area (Å²) in [6.07, 6.45) is 1.53. The van der Waals surface area contributed by atoms with Gasteiger partial charge in [0.25, 0.3) is 0 Å². The van der Waals surface area contributed by atoms with Crippen molar-refractivity contribution in [2.24, 2.45) is 4.99 Å². The van der Waals surface area contributed by atoms with Gasteiger partial charge in [0.1, 0.15) is 11.9 Å². The van der Waals surface area contributed by atoms with Gasteiger partial charge < -0.3 is 5.11 Å². The van der Waals surface area contributed by atoms with Crippen molar-refractivity contribution in [1.82, 2.24) is 5.32 Å². The zero-order valence-electron chi connectivity index (χ0n) is 15.8. The van der Waals surface area contributed by atoms with Crippen LogP contribution in [0.5, 0.6) is 5.75 Å². The van der Waals surface area contributed by atoms with Gasteiger partial charge in [0.15, 0.2) is 0 Å². The monoisotopic (exact) mass is 390 g/mol. The average molecular weight is 391 g/mol. The second-order valence-electron chi connectivity index (χ2n) is 7.06. The number of phenolic OH excluding ortho intramolecular Hbond substituents is 1. The average Bonchev–Trinajstić information content (AvgIpc) is 2.74. The van der Waals surface area contributed by atoms with Crippen LogP contribution < -0.4 is 5.32 Å². The molecule has 3 aromatic carbocycles. The van der Waals surface area contributed by atoms with Gasteiger partial charge in [-0.25, -0.2) is 0 Å². The first-order chi connectivity index (χ1) is 13.6. The molecule has 0 amide bonds. The molecule has 0 aromatic heterocycles. The fraction of sp³-hybridized carbons (Fsp3) is 0.208. The van der Waals surface area contributed by atoms with Crippen molar-refractivity contribution in [3.63, 3.8) is 0 Å². The van der Waals surface area contributed by atoms with Crippen LogP contribution in [0, 0.1) is 0 Å². The number of hydrogen-bond acceptors (Lipinski definition) is 3. The highest BCUT2D eigenvalue weighted by Gasteiger charge is 2.27. The summed E-state index contributed by atoms with van der Waals surface area (Å²) in [6.45, 7) is 2.15. The first-order valence-electron chi connectivity index (χ1n) is 9.59. The van der Waals surface area contributed by atoms with E-state index in [1.165, 1.54) is 5.56 Å². The van der Waals surface area contributed by atoms with E-state index in [0.717, 1.165) is 28.8 Å². The predicted octanol–water partition coefficient (Wildman–Crippen LogP) is 5.83. The number of aliphatic imine (C=N–C) groups is 1. The molecule has 0 spiro atoms. The Morgan fingerprint density at radius 2 is 1.71 bits per heavy atom. The van der Waals surface area contributed by atoms with Crippen molar-refractivity contribution in [2.75, 3.05) is 0 Å². The number of para-hydroxylation sites is 1. The lowest BCUT2D eigenvalue weighted by molar-refractivity contribution is 0.413. The van der Waals surface area contributed by atoms with Crippen LogP contribution in [0.15, 0.2) is 77.8 Å². The highest BCUT2D eigenvalue weighted by molar-refractivity contribution is 6.30. The molecule has 1 aliphatic heterocycles. The number of benzene rings is 3. The van der Waals surface area contributed by atoms with Crippen LogP contribution in [0.25, 0.3) is 0 Å². The number of halogens is 1. The summed E-state index contributed by atoms with van der Waals surface area (Å²) in [5.41, 5.74) is 5.41. The molecule has 0 aliphatic carbocycles. The van der Waals surface area contributed by atoms with Gasteiger partial charge in [-0.2, -0.15) is 0 Å².